The summed E-state index contributed by atoms with van der Waals surface area (Å²) in [5.41, 5.74) is -0.0441. The monoisotopic (exact) mass is 203 g/mol. The quantitative estimate of drug-likeness (QED) is 0.552. The first kappa shape index (κ1) is 13.9. The van der Waals surface area contributed by atoms with Gasteiger partial charge in [-0.1, -0.05) is 27.2 Å². The van der Waals surface area contributed by atoms with Crippen LogP contribution in [0, 0.1) is 11.3 Å². The molecule has 0 aromatic rings. The third-order valence-corrected chi connectivity index (χ3v) is 2.58. The van der Waals surface area contributed by atoms with E-state index in [4.69, 9.17) is 10.2 Å². The van der Waals surface area contributed by atoms with E-state index in [-0.39, 0.29) is 18.6 Å². The molecule has 0 bridgehead atoms. The lowest BCUT2D eigenvalue weighted by Crippen LogP contribution is -2.35. The van der Waals surface area contributed by atoms with Crippen molar-refractivity contribution in [1.82, 2.24) is 5.32 Å². The van der Waals surface area contributed by atoms with Crippen molar-refractivity contribution in [3.05, 3.63) is 0 Å². The summed E-state index contributed by atoms with van der Waals surface area (Å²) in [6.07, 6.45) is 1.95. The minimum Gasteiger partial charge on any atom is -0.396 e. The van der Waals surface area contributed by atoms with E-state index in [9.17, 15) is 0 Å². The van der Waals surface area contributed by atoms with E-state index in [1.165, 1.54) is 0 Å². The third kappa shape index (κ3) is 6.35. The first-order valence-electron chi connectivity index (χ1n) is 5.48. The van der Waals surface area contributed by atoms with Gasteiger partial charge in [0.15, 0.2) is 0 Å². The maximum atomic E-state index is 9.04. The summed E-state index contributed by atoms with van der Waals surface area (Å²) in [5.74, 6) is 0.550. The van der Waals surface area contributed by atoms with Crippen LogP contribution in [-0.4, -0.2) is 36.5 Å². The van der Waals surface area contributed by atoms with Gasteiger partial charge in [0, 0.05) is 25.2 Å². The van der Waals surface area contributed by atoms with Gasteiger partial charge in [-0.15, -0.1) is 0 Å². The number of aliphatic hydroxyl groups is 2. The average Bonchev–Trinajstić information content (AvgIpc) is 2.16. The Morgan fingerprint density at radius 3 is 2.36 bits per heavy atom. The molecule has 3 N–H and O–H groups in total. The van der Waals surface area contributed by atoms with Gasteiger partial charge in [0.25, 0.3) is 0 Å². The summed E-state index contributed by atoms with van der Waals surface area (Å²) in [5, 5.41) is 21.2. The molecule has 0 aromatic carbocycles. The van der Waals surface area contributed by atoms with E-state index in [1.807, 2.05) is 13.8 Å². The molecule has 1 atom stereocenters. The summed E-state index contributed by atoms with van der Waals surface area (Å²) in [6, 6.07) is 0. The zero-order valence-corrected chi connectivity index (χ0v) is 9.71. The molecule has 3 heteroatoms. The Kier molecular flexibility index (Phi) is 7.15. The van der Waals surface area contributed by atoms with Gasteiger partial charge in [0.1, 0.15) is 0 Å². The normalized spacial score (nSPS) is 14.4. The van der Waals surface area contributed by atoms with Gasteiger partial charge in [-0.2, -0.15) is 0 Å². The first-order valence-corrected chi connectivity index (χ1v) is 5.48. The second-order valence-electron chi connectivity index (χ2n) is 4.74. The molecule has 0 aliphatic heterocycles. The molecule has 0 saturated heterocycles. The second-order valence-corrected chi connectivity index (χ2v) is 4.74. The maximum Gasteiger partial charge on any atom is 0.0494 e. The number of hydrogen-bond donors (Lipinski definition) is 3. The number of rotatable bonds is 8. The Morgan fingerprint density at radius 2 is 1.93 bits per heavy atom. The highest BCUT2D eigenvalue weighted by Crippen LogP contribution is 2.12. The SMILES string of the molecule is CCC(CCO)CNCC(C)(C)CO. The fourth-order valence-electron chi connectivity index (χ4n) is 1.30. The molecule has 0 heterocycles. The molecule has 14 heavy (non-hydrogen) atoms. The van der Waals surface area contributed by atoms with Crippen molar-refractivity contribution in [2.45, 2.75) is 33.6 Å². The van der Waals surface area contributed by atoms with Gasteiger partial charge < -0.3 is 15.5 Å². The van der Waals surface area contributed by atoms with Gasteiger partial charge >= 0.3 is 0 Å². The number of hydrogen-bond acceptors (Lipinski definition) is 3. The molecule has 1 unspecified atom stereocenters. The van der Waals surface area contributed by atoms with Crippen LogP contribution >= 0.6 is 0 Å². The van der Waals surface area contributed by atoms with E-state index in [2.05, 4.69) is 12.2 Å². The Morgan fingerprint density at radius 1 is 1.29 bits per heavy atom. The van der Waals surface area contributed by atoms with E-state index in [0.717, 1.165) is 25.9 Å². The van der Waals surface area contributed by atoms with Crippen LogP contribution in [0.15, 0.2) is 0 Å². The standard InChI is InChI=1S/C11H25NO2/c1-4-10(5-6-13)7-12-8-11(2,3)9-14/h10,12-14H,4-9H2,1-3H3. The lowest BCUT2D eigenvalue weighted by Gasteiger charge is -2.23. The maximum absolute atomic E-state index is 9.04. The van der Waals surface area contributed by atoms with Crippen LogP contribution in [0.3, 0.4) is 0 Å². The predicted molar refractivity (Wildman–Crippen MR) is 59.2 cm³/mol. The van der Waals surface area contributed by atoms with Crippen molar-refractivity contribution in [2.24, 2.45) is 11.3 Å². The van der Waals surface area contributed by atoms with Gasteiger partial charge in [0.2, 0.25) is 0 Å². The molecular weight excluding hydrogens is 178 g/mol. The molecule has 0 spiro atoms. The Hall–Kier alpha value is -0.120. The zero-order valence-electron chi connectivity index (χ0n) is 9.71. The fourth-order valence-corrected chi connectivity index (χ4v) is 1.30. The molecule has 86 valence electrons. The van der Waals surface area contributed by atoms with Crippen LogP contribution in [0.5, 0.6) is 0 Å². The molecule has 0 aliphatic rings. The highest BCUT2D eigenvalue weighted by molar-refractivity contribution is 4.71. The van der Waals surface area contributed by atoms with Gasteiger partial charge in [-0.25, -0.2) is 0 Å². The van der Waals surface area contributed by atoms with E-state index in [1.54, 1.807) is 0 Å². The minimum atomic E-state index is -0.0441. The Balaban J connectivity index is 3.60. The van der Waals surface area contributed by atoms with Crippen LogP contribution in [-0.2, 0) is 0 Å². The summed E-state index contributed by atoms with van der Waals surface area (Å²) >= 11 is 0. The van der Waals surface area contributed by atoms with Crippen molar-refractivity contribution < 1.29 is 10.2 Å². The van der Waals surface area contributed by atoms with E-state index in [0.29, 0.717) is 5.92 Å². The Bertz CT molecular complexity index is 137. The average molecular weight is 203 g/mol. The molecule has 0 saturated carbocycles. The van der Waals surface area contributed by atoms with Crippen molar-refractivity contribution >= 4 is 0 Å². The summed E-state index contributed by atoms with van der Waals surface area (Å²) in [6.45, 7) is 8.44. The van der Waals surface area contributed by atoms with Gasteiger partial charge in [0.05, 0.1) is 0 Å². The molecular formula is C11H25NO2. The minimum absolute atomic E-state index is 0.0441. The van der Waals surface area contributed by atoms with E-state index >= 15 is 0 Å². The highest BCUT2D eigenvalue weighted by atomic mass is 16.3. The summed E-state index contributed by atoms with van der Waals surface area (Å²) < 4.78 is 0. The lowest BCUT2D eigenvalue weighted by molar-refractivity contribution is 0.154. The molecule has 0 radical (unpaired) electrons. The fraction of sp³-hybridized carbons (Fsp3) is 1.00. The molecule has 3 nitrogen and oxygen atoms in total. The smallest absolute Gasteiger partial charge is 0.0494 e. The van der Waals surface area contributed by atoms with Crippen LogP contribution in [0.2, 0.25) is 0 Å². The molecule has 0 amide bonds. The zero-order chi connectivity index (χ0) is 11.0. The van der Waals surface area contributed by atoms with Crippen LogP contribution < -0.4 is 5.32 Å². The predicted octanol–water partition coefficient (Wildman–Crippen LogP) is 1.00. The second kappa shape index (κ2) is 7.21. The van der Waals surface area contributed by atoms with E-state index < -0.39 is 0 Å². The van der Waals surface area contributed by atoms with Crippen molar-refractivity contribution in [1.29, 1.82) is 0 Å². The summed E-state index contributed by atoms with van der Waals surface area (Å²) in [4.78, 5) is 0. The van der Waals surface area contributed by atoms with Crippen LogP contribution in [0.1, 0.15) is 33.6 Å². The van der Waals surface area contributed by atoms with Crippen LogP contribution in [0.25, 0.3) is 0 Å². The molecule has 0 aliphatic carbocycles. The topological polar surface area (TPSA) is 52.5 Å². The first-order chi connectivity index (χ1) is 6.55. The third-order valence-electron chi connectivity index (χ3n) is 2.58. The van der Waals surface area contributed by atoms with Crippen molar-refractivity contribution in [2.75, 3.05) is 26.3 Å². The van der Waals surface area contributed by atoms with Gasteiger partial charge in [-0.05, 0) is 18.9 Å². The molecule has 0 fully saturated rings. The number of nitrogens with one attached hydrogen (secondary N) is 1. The van der Waals surface area contributed by atoms with Gasteiger partial charge in [-0.3, -0.25) is 0 Å². The van der Waals surface area contributed by atoms with Crippen molar-refractivity contribution in [3.8, 4) is 0 Å². The lowest BCUT2D eigenvalue weighted by atomic mass is 9.94. The summed E-state index contributed by atoms with van der Waals surface area (Å²) in [7, 11) is 0. The Labute approximate surface area is 87.5 Å². The number of aliphatic hydroxyl groups excluding tert-OH is 2. The van der Waals surface area contributed by atoms with Crippen molar-refractivity contribution in [3.63, 3.8) is 0 Å². The van der Waals surface area contributed by atoms with Crippen LogP contribution in [0.4, 0.5) is 0 Å². The highest BCUT2D eigenvalue weighted by Gasteiger charge is 2.16. The molecule has 0 aromatic heterocycles. The largest absolute Gasteiger partial charge is 0.396 e. The molecule has 0 rings (SSSR count).